The van der Waals surface area contributed by atoms with Crippen LogP contribution in [0.4, 0.5) is 11.4 Å². The van der Waals surface area contributed by atoms with E-state index in [-0.39, 0.29) is 5.91 Å². The third-order valence-electron chi connectivity index (χ3n) is 4.10. The minimum Gasteiger partial charge on any atom is -0.497 e. The van der Waals surface area contributed by atoms with Crippen molar-refractivity contribution in [1.29, 1.82) is 0 Å². The Morgan fingerprint density at radius 3 is 2.00 bits per heavy atom. The van der Waals surface area contributed by atoms with E-state index in [1.165, 1.54) is 6.08 Å². The second-order valence-corrected chi connectivity index (χ2v) is 5.92. The summed E-state index contributed by atoms with van der Waals surface area (Å²) in [5.41, 5.74) is 5.39. The molecule has 0 aliphatic rings. The molecule has 0 saturated heterocycles. The van der Waals surface area contributed by atoms with Crippen LogP contribution >= 0.6 is 0 Å². The zero-order valence-electron chi connectivity index (χ0n) is 15.8. The van der Waals surface area contributed by atoms with Gasteiger partial charge in [0.15, 0.2) is 0 Å². The Bertz CT molecular complexity index is 901. The lowest BCUT2D eigenvalue weighted by atomic mass is 10.1. The predicted octanol–water partition coefficient (Wildman–Crippen LogP) is 4.59. The van der Waals surface area contributed by atoms with Crippen molar-refractivity contribution < 1.29 is 14.3 Å². The molecule has 0 unspecified atom stereocenters. The smallest absolute Gasteiger partial charge is 0.262 e. The SMILES string of the molecule is COc1ccc(OC)c(/C=C/C(=O)NN(c2ccccc2)c2ccccc2)c1. The van der Waals surface area contributed by atoms with Crippen molar-refractivity contribution in [2.24, 2.45) is 0 Å². The number of nitrogens with one attached hydrogen (secondary N) is 1. The molecule has 0 radical (unpaired) electrons. The number of benzene rings is 3. The van der Waals surface area contributed by atoms with Crippen LogP contribution in [0.15, 0.2) is 84.9 Å². The van der Waals surface area contributed by atoms with Crippen LogP contribution in [0, 0.1) is 0 Å². The monoisotopic (exact) mass is 374 g/mol. The van der Waals surface area contributed by atoms with E-state index in [4.69, 9.17) is 9.47 Å². The number of carbonyl (C=O) groups is 1. The minimum absolute atomic E-state index is 0.266. The quantitative estimate of drug-likeness (QED) is 0.486. The molecule has 0 spiro atoms. The van der Waals surface area contributed by atoms with Gasteiger partial charge in [-0.25, -0.2) is 0 Å². The van der Waals surface area contributed by atoms with Crippen LogP contribution in [-0.4, -0.2) is 20.1 Å². The van der Waals surface area contributed by atoms with Gasteiger partial charge in [0.25, 0.3) is 5.91 Å². The van der Waals surface area contributed by atoms with Gasteiger partial charge >= 0.3 is 0 Å². The van der Waals surface area contributed by atoms with E-state index in [1.54, 1.807) is 31.4 Å². The van der Waals surface area contributed by atoms with Crippen molar-refractivity contribution in [3.8, 4) is 11.5 Å². The molecule has 0 atom stereocenters. The Balaban J connectivity index is 1.82. The maximum Gasteiger partial charge on any atom is 0.262 e. The number of methoxy groups -OCH3 is 2. The largest absolute Gasteiger partial charge is 0.497 e. The summed E-state index contributed by atoms with van der Waals surface area (Å²) in [5.74, 6) is 1.08. The van der Waals surface area contributed by atoms with Gasteiger partial charge in [-0.2, -0.15) is 0 Å². The second-order valence-electron chi connectivity index (χ2n) is 5.92. The molecule has 3 rings (SSSR count). The molecule has 3 aromatic rings. The first-order chi connectivity index (χ1) is 13.7. The molecule has 1 amide bonds. The first-order valence-electron chi connectivity index (χ1n) is 8.82. The summed E-state index contributed by atoms with van der Waals surface area (Å²) in [7, 11) is 3.19. The van der Waals surface area contributed by atoms with Crippen molar-refractivity contribution in [3.05, 3.63) is 90.5 Å². The highest BCUT2D eigenvalue weighted by Crippen LogP contribution is 2.25. The van der Waals surface area contributed by atoms with Gasteiger partial charge in [0, 0.05) is 11.6 Å². The van der Waals surface area contributed by atoms with Crippen LogP contribution in [0.25, 0.3) is 6.08 Å². The Labute approximate surface area is 164 Å². The van der Waals surface area contributed by atoms with Crippen LogP contribution in [0.5, 0.6) is 11.5 Å². The number of carbonyl (C=O) groups excluding carboxylic acids is 1. The van der Waals surface area contributed by atoms with Crippen LogP contribution in [0.3, 0.4) is 0 Å². The van der Waals surface area contributed by atoms with E-state index in [2.05, 4.69) is 5.43 Å². The van der Waals surface area contributed by atoms with Crippen molar-refractivity contribution >= 4 is 23.4 Å². The van der Waals surface area contributed by atoms with Gasteiger partial charge in [0.05, 0.1) is 25.6 Å². The van der Waals surface area contributed by atoms with Crippen molar-refractivity contribution in [3.63, 3.8) is 0 Å². The molecule has 1 N–H and O–H groups in total. The average Bonchev–Trinajstić information content (AvgIpc) is 2.77. The van der Waals surface area contributed by atoms with Crippen LogP contribution in [0.2, 0.25) is 0 Å². The fourth-order valence-corrected chi connectivity index (χ4v) is 2.71. The predicted molar refractivity (Wildman–Crippen MR) is 112 cm³/mol. The van der Waals surface area contributed by atoms with Gasteiger partial charge in [-0.15, -0.1) is 0 Å². The van der Waals surface area contributed by atoms with E-state index in [9.17, 15) is 4.79 Å². The third-order valence-corrected chi connectivity index (χ3v) is 4.10. The highest BCUT2D eigenvalue weighted by Gasteiger charge is 2.11. The fraction of sp³-hybridized carbons (Fsp3) is 0.0870. The van der Waals surface area contributed by atoms with E-state index < -0.39 is 0 Å². The van der Waals surface area contributed by atoms with E-state index in [1.807, 2.05) is 72.8 Å². The van der Waals surface area contributed by atoms with Crippen LogP contribution in [0.1, 0.15) is 5.56 Å². The second kappa shape index (κ2) is 9.28. The molecule has 0 fully saturated rings. The summed E-state index contributed by atoms with van der Waals surface area (Å²) < 4.78 is 10.6. The summed E-state index contributed by atoms with van der Waals surface area (Å²) in [6, 6.07) is 24.7. The first-order valence-corrected chi connectivity index (χ1v) is 8.82. The number of para-hydroxylation sites is 2. The van der Waals surface area contributed by atoms with Gasteiger partial charge in [0.1, 0.15) is 11.5 Å². The molecule has 0 aliphatic heterocycles. The number of rotatable bonds is 7. The molecule has 28 heavy (non-hydrogen) atoms. The molecular formula is C23H22N2O3. The summed E-state index contributed by atoms with van der Waals surface area (Å²) in [4.78, 5) is 12.6. The Hall–Kier alpha value is -3.73. The van der Waals surface area contributed by atoms with Crippen molar-refractivity contribution in [2.75, 3.05) is 19.2 Å². The molecule has 0 bridgehead atoms. The van der Waals surface area contributed by atoms with E-state index in [0.29, 0.717) is 11.5 Å². The van der Waals surface area contributed by atoms with Crippen molar-refractivity contribution in [2.45, 2.75) is 0 Å². The first kappa shape index (κ1) is 19.0. The maximum absolute atomic E-state index is 12.6. The molecular weight excluding hydrogens is 352 g/mol. The van der Waals surface area contributed by atoms with Crippen molar-refractivity contribution in [1.82, 2.24) is 5.43 Å². The Morgan fingerprint density at radius 2 is 1.46 bits per heavy atom. The van der Waals surface area contributed by atoms with Gasteiger partial charge in [-0.05, 0) is 48.5 Å². The minimum atomic E-state index is -0.266. The maximum atomic E-state index is 12.6. The number of hydrazine groups is 1. The highest BCUT2D eigenvalue weighted by molar-refractivity contribution is 5.94. The normalized spacial score (nSPS) is 10.5. The van der Waals surface area contributed by atoms with Gasteiger partial charge in [0.2, 0.25) is 0 Å². The van der Waals surface area contributed by atoms with E-state index in [0.717, 1.165) is 16.9 Å². The molecule has 5 nitrogen and oxygen atoms in total. The molecule has 0 saturated carbocycles. The van der Waals surface area contributed by atoms with Gasteiger partial charge in [-0.1, -0.05) is 36.4 Å². The number of anilines is 2. The number of hydrogen-bond donors (Lipinski definition) is 1. The third kappa shape index (κ3) is 4.71. The van der Waals surface area contributed by atoms with Crippen LogP contribution < -0.4 is 19.9 Å². The lowest BCUT2D eigenvalue weighted by Gasteiger charge is -2.24. The summed E-state index contributed by atoms with van der Waals surface area (Å²) in [5, 5.41) is 1.75. The number of amides is 1. The zero-order valence-corrected chi connectivity index (χ0v) is 15.8. The molecule has 0 heterocycles. The molecule has 0 aliphatic carbocycles. The molecule has 3 aromatic carbocycles. The molecule has 5 heteroatoms. The van der Waals surface area contributed by atoms with Crippen LogP contribution in [-0.2, 0) is 4.79 Å². The van der Waals surface area contributed by atoms with Gasteiger partial charge in [-0.3, -0.25) is 15.2 Å². The highest BCUT2D eigenvalue weighted by atomic mass is 16.5. The average molecular weight is 374 g/mol. The standard InChI is InChI=1S/C23H22N2O3/c1-27-21-14-15-22(28-2)18(17-21)13-16-23(26)24-25(19-9-5-3-6-10-19)20-11-7-4-8-12-20/h3-17H,1-2H3,(H,24,26)/b16-13+. The van der Waals surface area contributed by atoms with E-state index >= 15 is 0 Å². The number of ether oxygens (including phenoxy) is 2. The molecule has 142 valence electrons. The lowest BCUT2D eigenvalue weighted by Crippen LogP contribution is -2.37. The number of nitrogens with zero attached hydrogens (tertiary/aromatic N) is 1. The zero-order chi connectivity index (χ0) is 19.8. The van der Waals surface area contributed by atoms with Gasteiger partial charge < -0.3 is 9.47 Å². The Morgan fingerprint density at radius 1 is 0.857 bits per heavy atom. The topological polar surface area (TPSA) is 50.8 Å². The molecule has 0 aromatic heterocycles. The number of hydrogen-bond acceptors (Lipinski definition) is 4. The summed E-state index contributed by atoms with van der Waals surface area (Å²) in [6.45, 7) is 0. The Kier molecular flexibility index (Phi) is 6.31. The fourth-order valence-electron chi connectivity index (χ4n) is 2.71. The summed E-state index contributed by atoms with van der Waals surface area (Å²) >= 11 is 0. The lowest BCUT2D eigenvalue weighted by molar-refractivity contribution is -0.116. The summed E-state index contributed by atoms with van der Waals surface area (Å²) in [6.07, 6.45) is 3.17.